The van der Waals surface area contributed by atoms with Gasteiger partial charge in [0.25, 0.3) is 0 Å². The highest BCUT2D eigenvalue weighted by Crippen LogP contribution is 2.16. The third kappa shape index (κ3) is 4.20. The Balaban J connectivity index is 2.71. The van der Waals surface area contributed by atoms with E-state index >= 15 is 0 Å². The minimum atomic E-state index is -4.29. The molecule has 1 rings (SSSR count). The van der Waals surface area contributed by atoms with Crippen LogP contribution in [0.25, 0.3) is 0 Å². The van der Waals surface area contributed by atoms with Gasteiger partial charge in [-0.3, -0.25) is 0 Å². The molecule has 16 heavy (non-hydrogen) atoms. The Kier molecular flexibility index (Phi) is 3.76. The second-order valence-electron chi connectivity index (χ2n) is 3.28. The monoisotopic (exact) mass is 231 g/mol. The SMILES string of the molecule is CN(CC(F)(F)F)C(N)=Nc1ccccc1. The van der Waals surface area contributed by atoms with Crippen molar-refractivity contribution in [2.75, 3.05) is 13.6 Å². The predicted octanol–water partition coefficient (Wildman–Crippen LogP) is 2.13. The average molecular weight is 231 g/mol. The third-order valence-electron chi connectivity index (χ3n) is 1.81. The highest BCUT2D eigenvalue weighted by Gasteiger charge is 2.29. The van der Waals surface area contributed by atoms with Gasteiger partial charge in [-0.15, -0.1) is 0 Å². The summed E-state index contributed by atoms with van der Waals surface area (Å²) in [5.74, 6) is -0.163. The zero-order valence-corrected chi connectivity index (χ0v) is 8.70. The van der Waals surface area contributed by atoms with Crippen molar-refractivity contribution in [1.29, 1.82) is 0 Å². The van der Waals surface area contributed by atoms with Crippen molar-refractivity contribution in [2.45, 2.75) is 6.18 Å². The van der Waals surface area contributed by atoms with E-state index in [-0.39, 0.29) is 5.96 Å². The molecule has 0 atom stereocenters. The minimum Gasteiger partial charge on any atom is -0.369 e. The van der Waals surface area contributed by atoms with E-state index in [0.29, 0.717) is 5.69 Å². The molecule has 1 aromatic carbocycles. The van der Waals surface area contributed by atoms with Crippen molar-refractivity contribution < 1.29 is 13.2 Å². The van der Waals surface area contributed by atoms with Gasteiger partial charge >= 0.3 is 6.18 Å². The Morgan fingerprint density at radius 2 is 1.88 bits per heavy atom. The summed E-state index contributed by atoms with van der Waals surface area (Å²) in [4.78, 5) is 4.72. The highest BCUT2D eigenvalue weighted by molar-refractivity contribution is 5.80. The molecule has 0 unspecified atom stereocenters. The number of nitrogens with zero attached hydrogens (tertiary/aromatic N) is 2. The molecule has 0 spiro atoms. The van der Waals surface area contributed by atoms with E-state index < -0.39 is 12.7 Å². The van der Waals surface area contributed by atoms with Gasteiger partial charge in [0.05, 0.1) is 5.69 Å². The number of nitrogens with two attached hydrogens (primary N) is 1. The van der Waals surface area contributed by atoms with Gasteiger partial charge in [0.1, 0.15) is 6.54 Å². The van der Waals surface area contributed by atoms with E-state index in [9.17, 15) is 13.2 Å². The molecule has 0 bridgehead atoms. The first kappa shape index (κ1) is 12.4. The first-order chi connectivity index (χ1) is 7.38. The molecule has 0 aliphatic rings. The fraction of sp³-hybridized carbons (Fsp3) is 0.300. The van der Waals surface area contributed by atoms with Crippen LogP contribution in [0.4, 0.5) is 18.9 Å². The second-order valence-corrected chi connectivity index (χ2v) is 3.28. The molecule has 6 heteroatoms. The van der Waals surface area contributed by atoms with Crippen LogP contribution in [0.15, 0.2) is 35.3 Å². The second kappa shape index (κ2) is 4.87. The van der Waals surface area contributed by atoms with Crippen molar-refractivity contribution in [2.24, 2.45) is 10.7 Å². The highest BCUT2D eigenvalue weighted by atomic mass is 19.4. The van der Waals surface area contributed by atoms with Gasteiger partial charge in [0, 0.05) is 7.05 Å². The van der Waals surface area contributed by atoms with E-state index in [1.165, 1.54) is 7.05 Å². The lowest BCUT2D eigenvalue weighted by Gasteiger charge is -2.19. The zero-order valence-electron chi connectivity index (χ0n) is 8.70. The number of guanidine groups is 1. The topological polar surface area (TPSA) is 41.6 Å². The van der Waals surface area contributed by atoms with Crippen molar-refractivity contribution in [3.63, 3.8) is 0 Å². The molecule has 2 N–H and O–H groups in total. The number of hydrogen-bond donors (Lipinski definition) is 1. The molecule has 0 aliphatic carbocycles. The Bertz CT molecular complexity index is 359. The maximum atomic E-state index is 12.1. The molecule has 3 nitrogen and oxygen atoms in total. The average Bonchev–Trinajstić information content (AvgIpc) is 2.16. The summed E-state index contributed by atoms with van der Waals surface area (Å²) in [6.07, 6.45) is -4.29. The Morgan fingerprint density at radius 3 is 2.38 bits per heavy atom. The summed E-state index contributed by atoms with van der Waals surface area (Å²) in [7, 11) is 1.25. The summed E-state index contributed by atoms with van der Waals surface area (Å²) in [5.41, 5.74) is 5.95. The number of aliphatic imine (C=N–C) groups is 1. The summed E-state index contributed by atoms with van der Waals surface area (Å²) in [6, 6.07) is 8.57. The molecule has 0 amide bonds. The molecule has 0 saturated heterocycles. The van der Waals surface area contributed by atoms with Crippen LogP contribution in [0.2, 0.25) is 0 Å². The van der Waals surface area contributed by atoms with E-state index in [1.807, 2.05) is 0 Å². The Hall–Kier alpha value is -1.72. The van der Waals surface area contributed by atoms with E-state index in [1.54, 1.807) is 30.3 Å². The predicted molar refractivity (Wildman–Crippen MR) is 56.4 cm³/mol. The standard InChI is InChI=1S/C10H12F3N3/c1-16(7-10(11,12)13)9(14)15-8-5-3-2-4-6-8/h2-6H,7H2,1H3,(H2,14,15). The van der Waals surface area contributed by atoms with Crippen LogP contribution in [-0.4, -0.2) is 30.6 Å². The number of hydrogen-bond acceptors (Lipinski definition) is 1. The van der Waals surface area contributed by atoms with Crippen LogP contribution in [0.1, 0.15) is 0 Å². The van der Waals surface area contributed by atoms with Crippen LogP contribution < -0.4 is 5.73 Å². The van der Waals surface area contributed by atoms with E-state index in [4.69, 9.17) is 5.73 Å². The number of para-hydroxylation sites is 1. The molecule has 0 fully saturated rings. The van der Waals surface area contributed by atoms with Crippen LogP contribution >= 0.6 is 0 Å². The molecular weight excluding hydrogens is 219 g/mol. The first-order valence-corrected chi connectivity index (χ1v) is 4.55. The first-order valence-electron chi connectivity index (χ1n) is 4.55. The molecule has 0 radical (unpaired) electrons. The number of alkyl halides is 3. The summed E-state index contributed by atoms with van der Waals surface area (Å²) in [6.45, 7) is -1.12. The lowest BCUT2D eigenvalue weighted by molar-refractivity contribution is -0.135. The van der Waals surface area contributed by atoms with Gasteiger partial charge < -0.3 is 10.6 Å². The Morgan fingerprint density at radius 1 is 1.31 bits per heavy atom. The van der Waals surface area contributed by atoms with Crippen molar-refractivity contribution in [3.8, 4) is 0 Å². The largest absolute Gasteiger partial charge is 0.406 e. The van der Waals surface area contributed by atoms with Gasteiger partial charge in [-0.25, -0.2) is 4.99 Å². The van der Waals surface area contributed by atoms with Crippen LogP contribution in [-0.2, 0) is 0 Å². The molecule has 1 aromatic rings. The normalized spacial score (nSPS) is 12.6. The van der Waals surface area contributed by atoms with E-state index in [0.717, 1.165) is 4.90 Å². The van der Waals surface area contributed by atoms with Crippen molar-refractivity contribution >= 4 is 11.6 Å². The quantitative estimate of drug-likeness (QED) is 0.625. The summed E-state index contributed by atoms with van der Waals surface area (Å²) < 4.78 is 36.2. The van der Waals surface area contributed by atoms with Crippen molar-refractivity contribution in [1.82, 2.24) is 4.90 Å². The van der Waals surface area contributed by atoms with E-state index in [2.05, 4.69) is 4.99 Å². The molecule has 0 heterocycles. The van der Waals surface area contributed by atoms with Gasteiger partial charge in [-0.05, 0) is 12.1 Å². The molecule has 0 aromatic heterocycles. The molecule has 88 valence electrons. The number of halogens is 3. The fourth-order valence-electron chi connectivity index (χ4n) is 1.07. The molecular formula is C10H12F3N3. The summed E-state index contributed by atoms with van der Waals surface area (Å²) in [5, 5.41) is 0. The maximum Gasteiger partial charge on any atom is 0.406 e. The van der Waals surface area contributed by atoms with Gasteiger partial charge in [0.2, 0.25) is 0 Å². The fourth-order valence-corrected chi connectivity index (χ4v) is 1.07. The van der Waals surface area contributed by atoms with Gasteiger partial charge in [-0.2, -0.15) is 13.2 Å². The smallest absolute Gasteiger partial charge is 0.369 e. The Labute approximate surface area is 91.4 Å². The van der Waals surface area contributed by atoms with Gasteiger partial charge in [0.15, 0.2) is 5.96 Å². The summed E-state index contributed by atoms with van der Waals surface area (Å²) >= 11 is 0. The minimum absolute atomic E-state index is 0.163. The third-order valence-corrected chi connectivity index (χ3v) is 1.81. The zero-order chi connectivity index (χ0) is 12.2. The van der Waals surface area contributed by atoms with Crippen molar-refractivity contribution in [3.05, 3.63) is 30.3 Å². The number of benzene rings is 1. The molecule has 0 saturated carbocycles. The van der Waals surface area contributed by atoms with Crippen LogP contribution in [0, 0.1) is 0 Å². The molecule has 0 aliphatic heterocycles. The lowest BCUT2D eigenvalue weighted by atomic mass is 10.3. The maximum absolute atomic E-state index is 12.1. The van der Waals surface area contributed by atoms with Crippen LogP contribution in [0.5, 0.6) is 0 Å². The van der Waals surface area contributed by atoms with Gasteiger partial charge in [-0.1, -0.05) is 18.2 Å². The lowest BCUT2D eigenvalue weighted by Crippen LogP contribution is -2.40. The number of rotatable bonds is 2. The van der Waals surface area contributed by atoms with Crippen LogP contribution in [0.3, 0.4) is 0 Å².